The van der Waals surface area contributed by atoms with E-state index >= 15 is 0 Å². The Hall–Kier alpha value is -4.19. The number of fused-ring (bicyclic) bond motifs is 1. The molecule has 0 unspecified atom stereocenters. The van der Waals surface area contributed by atoms with E-state index in [1.165, 1.54) is 12.1 Å². The van der Waals surface area contributed by atoms with Gasteiger partial charge in [-0.1, -0.05) is 42.5 Å². The summed E-state index contributed by atoms with van der Waals surface area (Å²) in [6.07, 6.45) is 0. The predicted molar refractivity (Wildman–Crippen MR) is 108 cm³/mol. The zero-order valence-corrected chi connectivity index (χ0v) is 15.1. The maximum atomic E-state index is 12.4. The molecule has 0 atom stereocenters. The quantitative estimate of drug-likeness (QED) is 0.327. The van der Waals surface area contributed by atoms with Gasteiger partial charge in [-0.25, -0.2) is 9.59 Å². The number of ether oxygens (including phenoxy) is 1. The van der Waals surface area contributed by atoms with Crippen molar-refractivity contribution in [2.75, 3.05) is 0 Å². The average molecular weight is 385 g/mol. The Balaban J connectivity index is 1.56. The molecule has 0 bridgehead atoms. The van der Waals surface area contributed by atoms with E-state index in [1.54, 1.807) is 24.3 Å². The zero-order chi connectivity index (χ0) is 20.4. The number of carbonyl (C=O) groups excluding carboxylic acids is 2. The Kier molecular flexibility index (Phi) is 4.66. The van der Waals surface area contributed by atoms with Crippen molar-refractivity contribution in [3.63, 3.8) is 0 Å². The van der Waals surface area contributed by atoms with Gasteiger partial charge in [0.2, 0.25) is 0 Å². The highest BCUT2D eigenvalue weighted by atomic mass is 16.5. The first kappa shape index (κ1) is 18.2. The summed E-state index contributed by atoms with van der Waals surface area (Å²) in [5.41, 5.74) is 6.67. The summed E-state index contributed by atoms with van der Waals surface area (Å²) in [5.74, 6) is -1.19. The molecule has 4 aromatic rings. The van der Waals surface area contributed by atoms with Gasteiger partial charge >= 0.3 is 11.6 Å². The third-order valence-corrected chi connectivity index (χ3v) is 4.41. The lowest BCUT2D eigenvalue weighted by atomic mass is 10.0. The van der Waals surface area contributed by atoms with Crippen LogP contribution in [0.5, 0.6) is 5.75 Å². The van der Waals surface area contributed by atoms with Crippen LogP contribution >= 0.6 is 0 Å². The molecule has 2 N–H and O–H groups in total. The maximum absolute atomic E-state index is 12.4. The standard InChI is InChI=1S/C23H15NO5/c24-21(25)19-12-17-10-11-18(13-20(17)29-23(19)27)28-22(26)16-8-6-15(7-9-16)14-4-2-1-3-5-14/h1-13H,(H2,24,25). The largest absolute Gasteiger partial charge is 0.423 e. The summed E-state index contributed by atoms with van der Waals surface area (Å²) in [5, 5.41) is 0.491. The van der Waals surface area contributed by atoms with Gasteiger partial charge in [-0.3, -0.25) is 4.79 Å². The third-order valence-electron chi connectivity index (χ3n) is 4.41. The lowest BCUT2D eigenvalue weighted by Gasteiger charge is -2.07. The topological polar surface area (TPSA) is 99.6 Å². The summed E-state index contributed by atoms with van der Waals surface area (Å²) in [7, 11) is 0. The first-order chi connectivity index (χ1) is 14.0. The van der Waals surface area contributed by atoms with Crippen LogP contribution in [0.25, 0.3) is 22.1 Å². The highest BCUT2D eigenvalue weighted by molar-refractivity contribution is 5.96. The molecule has 6 heteroatoms. The van der Waals surface area contributed by atoms with E-state index in [2.05, 4.69) is 0 Å². The van der Waals surface area contributed by atoms with Gasteiger partial charge in [0, 0.05) is 11.5 Å². The smallest absolute Gasteiger partial charge is 0.349 e. The van der Waals surface area contributed by atoms with Crippen molar-refractivity contribution in [1.29, 1.82) is 0 Å². The monoisotopic (exact) mass is 385 g/mol. The number of hydrogen-bond acceptors (Lipinski definition) is 5. The van der Waals surface area contributed by atoms with E-state index in [9.17, 15) is 14.4 Å². The molecule has 0 aliphatic rings. The molecule has 3 aromatic carbocycles. The first-order valence-electron chi connectivity index (χ1n) is 8.76. The molecule has 4 rings (SSSR count). The number of primary amides is 1. The van der Waals surface area contributed by atoms with Gasteiger partial charge in [0.15, 0.2) is 0 Å². The Labute approximate surface area is 165 Å². The average Bonchev–Trinajstić information content (AvgIpc) is 2.73. The lowest BCUT2D eigenvalue weighted by Crippen LogP contribution is -2.20. The van der Waals surface area contributed by atoms with Crippen LogP contribution in [0, 0.1) is 0 Å². The maximum Gasteiger partial charge on any atom is 0.349 e. The van der Waals surface area contributed by atoms with Crippen LogP contribution in [0.2, 0.25) is 0 Å². The van der Waals surface area contributed by atoms with E-state index in [4.69, 9.17) is 14.9 Å². The second kappa shape index (κ2) is 7.44. The van der Waals surface area contributed by atoms with Gasteiger partial charge in [0.05, 0.1) is 5.56 Å². The number of rotatable bonds is 4. The minimum absolute atomic E-state index is 0.185. The second-order valence-corrected chi connectivity index (χ2v) is 6.34. The van der Waals surface area contributed by atoms with Gasteiger partial charge in [0.25, 0.3) is 5.91 Å². The molecule has 0 fully saturated rings. The van der Waals surface area contributed by atoms with Crippen LogP contribution in [-0.2, 0) is 0 Å². The summed E-state index contributed by atoms with van der Waals surface area (Å²) in [6, 6.07) is 22.7. The SMILES string of the molecule is NC(=O)c1cc2ccc(OC(=O)c3ccc(-c4ccccc4)cc3)cc2oc1=O. The molecule has 0 radical (unpaired) electrons. The molecule has 1 heterocycles. The Morgan fingerprint density at radius 2 is 1.52 bits per heavy atom. The van der Waals surface area contributed by atoms with Crippen molar-refractivity contribution >= 4 is 22.8 Å². The third kappa shape index (κ3) is 3.77. The van der Waals surface area contributed by atoms with E-state index < -0.39 is 17.5 Å². The predicted octanol–water partition coefficient (Wildman–Crippen LogP) is 3.78. The molecule has 0 saturated carbocycles. The summed E-state index contributed by atoms with van der Waals surface area (Å²) in [6.45, 7) is 0. The highest BCUT2D eigenvalue weighted by Gasteiger charge is 2.13. The van der Waals surface area contributed by atoms with Crippen LogP contribution in [0.15, 0.2) is 88.1 Å². The number of nitrogens with two attached hydrogens (primary N) is 1. The summed E-state index contributed by atoms with van der Waals surface area (Å²) >= 11 is 0. The van der Waals surface area contributed by atoms with Crippen LogP contribution in [0.4, 0.5) is 0 Å². The molecular formula is C23H15NO5. The minimum atomic E-state index is -0.866. The van der Waals surface area contributed by atoms with Crippen LogP contribution in [0.1, 0.15) is 20.7 Å². The van der Waals surface area contributed by atoms with Crippen LogP contribution in [0.3, 0.4) is 0 Å². The Morgan fingerprint density at radius 3 is 2.21 bits per heavy atom. The fourth-order valence-corrected chi connectivity index (χ4v) is 2.92. The number of carbonyl (C=O) groups is 2. The van der Waals surface area contributed by atoms with E-state index in [1.807, 2.05) is 42.5 Å². The Morgan fingerprint density at radius 1 is 0.828 bits per heavy atom. The van der Waals surface area contributed by atoms with Crippen LogP contribution in [-0.4, -0.2) is 11.9 Å². The van der Waals surface area contributed by atoms with Crippen molar-refractivity contribution in [3.8, 4) is 16.9 Å². The fourth-order valence-electron chi connectivity index (χ4n) is 2.92. The molecule has 29 heavy (non-hydrogen) atoms. The highest BCUT2D eigenvalue weighted by Crippen LogP contribution is 2.23. The molecule has 1 amide bonds. The van der Waals surface area contributed by atoms with E-state index in [0.717, 1.165) is 11.1 Å². The first-order valence-corrected chi connectivity index (χ1v) is 8.76. The van der Waals surface area contributed by atoms with Crippen molar-refractivity contribution < 1.29 is 18.7 Å². The Bertz CT molecular complexity index is 1270. The molecular weight excluding hydrogens is 370 g/mol. The minimum Gasteiger partial charge on any atom is -0.423 e. The van der Waals surface area contributed by atoms with Gasteiger partial charge in [-0.2, -0.15) is 0 Å². The van der Waals surface area contributed by atoms with Gasteiger partial charge in [-0.05, 0) is 41.5 Å². The van der Waals surface area contributed by atoms with Crippen molar-refractivity contribution in [2.24, 2.45) is 5.73 Å². The summed E-state index contributed by atoms with van der Waals surface area (Å²) < 4.78 is 10.5. The van der Waals surface area contributed by atoms with Crippen molar-refractivity contribution in [1.82, 2.24) is 0 Å². The molecule has 0 aliphatic heterocycles. The van der Waals surface area contributed by atoms with Gasteiger partial charge in [-0.15, -0.1) is 0 Å². The van der Waals surface area contributed by atoms with E-state index in [0.29, 0.717) is 10.9 Å². The van der Waals surface area contributed by atoms with Crippen molar-refractivity contribution in [3.05, 3.63) is 100 Å². The number of benzene rings is 3. The molecule has 0 saturated heterocycles. The lowest BCUT2D eigenvalue weighted by molar-refractivity contribution is 0.0734. The molecule has 0 spiro atoms. The van der Waals surface area contributed by atoms with Crippen molar-refractivity contribution in [2.45, 2.75) is 0 Å². The summed E-state index contributed by atoms with van der Waals surface area (Å²) in [4.78, 5) is 35.5. The van der Waals surface area contributed by atoms with Crippen LogP contribution < -0.4 is 16.1 Å². The normalized spacial score (nSPS) is 10.6. The molecule has 0 aliphatic carbocycles. The molecule has 142 valence electrons. The number of esters is 1. The number of amides is 1. The number of hydrogen-bond donors (Lipinski definition) is 1. The van der Waals surface area contributed by atoms with Gasteiger partial charge < -0.3 is 14.9 Å². The second-order valence-electron chi connectivity index (χ2n) is 6.34. The molecule has 1 aromatic heterocycles. The van der Waals surface area contributed by atoms with Gasteiger partial charge in [0.1, 0.15) is 16.9 Å². The fraction of sp³-hybridized carbons (Fsp3) is 0. The van der Waals surface area contributed by atoms with E-state index in [-0.39, 0.29) is 16.9 Å². The zero-order valence-electron chi connectivity index (χ0n) is 15.1. The molecule has 6 nitrogen and oxygen atoms in total.